The number of amides is 1. The molecule has 1 aromatic heterocycles. The Kier molecular flexibility index (Phi) is 4.30. The van der Waals surface area contributed by atoms with Crippen molar-refractivity contribution in [2.45, 2.75) is 44.8 Å². The molecule has 0 spiro atoms. The van der Waals surface area contributed by atoms with E-state index in [2.05, 4.69) is 15.4 Å². The molecule has 1 aromatic rings. The molecular weight excluding hydrogens is 232 g/mol. The minimum Gasteiger partial charge on any atom is -0.393 e. The van der Waals surface area contributed by atoms with Gasteiger partial charge in [-0.1, -0.05) is 0 Å². The fourth-order valence-electron chi connectivity index (χ4n) is 2.28. The molecule has 0 saturated heterocycles. The van der Waals surface area contributed by atoms with Crippen molar-refractivity contribution < 1.29 is 9.90 Å². The van der Waals surface area contributed by atoms with Gasteiger partial charge in [0.05, 0.1) is 6.10 Å². The van der Waals surface area contributed by atoms with Crippen molar-refractivity contribution in [2.75, 3.05) is 6.54 Å². The first-order valence-corrected chi connectivity index (χ1v) is 6.46. The van der Waals surface area contributed by atoms with E-state index in [1.165, 1.54) is 6.33 Å². The lowest BCUT2D eigenvalue weighted by molar-refractivity contribution is -0.124. The Morgan fingerprint density at radius 3 is 2.83 bits per heavy atom. The number of aromatic nitrogens is 3. The van der Waals surface area contributed by atoms with E-state index in [-0.39, 0.29) is 18.1 Å². The van der Waals surface area contributed by atoms with Gasteiger partial charge in [0.1, 0.15) is 18.7 Å². The lowest BCUT2D eigenvalue weighted by Gasteiger charge is -2.25. The van der Waals surface area contributed by atoms with Crippen molar-refractivity contribution in [3.05, 3.63) is 12.7 Å². The molecule has 1 unspecified atom stereocenters. The van der Waals surface area contributed by atoms with Gasteiger partial charge in [-0.3, -0.25) is 4.79 Å². The molecule has 18 heavy (non-hydrogen) atoms. The maximum absolute atomic E-state index is 11.9. The molecule has 1 fully saturated rings. The molecule has 1 aliphatic carbocycles. The van der Waals surface area contributed by atoms with Crippen molar-refractivity contribution in [1.82, 2.24) is 20.1 Å². The number of rotatable bonds is 4. The Balaban J connectivity index is 1.75. The van der Waals surface area contributed by atoms with Crippen LogP contribution in [0.5, 0.6) is 0 Å². The maximum Gasteiger partial charge on any atom is 0.244 e. The van der Waals surface area contributed by atoms with Crippen LogP contribution in [0.2, 0.25) is 0 Å². The van der Waals surface area contributed by atoms with Crippen LogP contribution in [0.1, 0.15) is 38.6 Å². The number of carbonyl (C=O) groups is 1. The lowest BCUT2D eigenvalue weighted by Crippen LogP contribution is -2.36. The Morgan fingerprint density at radius 2 is 2.22 bits per heavy atom. The van der Waals surface area contributed by atoms with E-state index in [0.717, 1.165) is 25.7 Å². The first-order chi connectivity index (χ1) is 8.66. The van der Waals surface area contributed by atoms with Gasteiger partial charge in [-0.15, -0.1) is 0 Å². The summed E-state index contributed by atoms with van der Waals surface area (Å²) in [5.41, 5.74) is 0. The Labute approximate surface area is 106 Å². The number of hydrogen-bond donors (Lipinski definition) is 2. The number of aliphatic hydroxyl groups is 1. The van der Waals surface area contributed by atoms with Crippen LogP contribution in [0, 0.1) is 5.92 Å². The highest BCUT2D eigenvalue weighted by molar-refractivity contribution is 5.79. The molecule has 6 nitrogen and oxygen atoms in total. The second-order valence-corrected chi connectivity index (χ2v) is 4.97. The Morgan fingerprint density at radius 1 is 1.50 bits per heavy atom. The van der Waals surface area contributed by atoms with Crippen LogP contribution in [0.15, 0.2) is 12.7 Å². The van der Waals surface area contributed by atoms with Gasteiger partial charge in [-0.05, 0) is 38.5 Å². The lowest BCUT2D eigenvalue weighted by atomic mass is 9.87. The molecule has 0 aromatic carbocycles. The molecule has 6 heteroatoms. The zero-order valence-corrected chi connectivity index (χ0v) is 10.6. The van der Waals surface area contributed by atoms with E-state index in [4.69, 9.17) is 0 Å². The predicted octanol–water partition coefficient (Wildman–Crippen LogP) is 0.506. The number of nitrogens with zero attached hydrogens (tertiary/aromatic N) is 3. The zero-order chi connectivity index (χ0) is 13.0. The van der Waals surface area contributed by atoms with Crippen molar-refractivity contribution in [3.63, 3.8) is 0 Å². The van der Waals surface area contributed by atoms with Crippen molar-refractivity contribution in [1.29, 1.82) is 0 Å². The first-order valence-electron chi connectivity index (χ1n) is 6.46. The third-order valence-electron chi connectivity index (χ3n) is 3.59. The quantitative estimate of drug-likeness (QED) is 0.818. The van der Waals surface area contributed by atoms with Gasteiger partial charge in [-0.25, -0.2) is 9.67 Å². The third-order valence-corrected chi connectivity index (χ3v) is 3.59. The largest absolute Gasteiger partial charge is 0.393 e. The van der Waals surface area contributed by atoms with Gasteiger partial charge in [0.2, 0.25) is 5.91 Å². The van der Waals surface area contributed by atoms with Crippen LogP contribution < -0.4 is 5.32 Å². The second kappa shape index (κ2) is 5.95. The van der Waals surface area contributed by atoms with Crippen molar-refractivity contribution in [2.24, 2.45) is 5.92 Å². The van der Waals surface area contributed by atoms with Crippen LogP contribution in [-0.2, 0) is 4.79 Å². The van der Waals surface area contributed by atoms with Gasteiger partial charge in [0, 0.05) is 6.54 Å². The molecule has 0 radical (unpaired) electrons. The van der Waals surface area contributed by atoms with Gasteiger partial charge < -0.3 is 10.4 Å². The molecule has 2 rings (SSSR count). The highest BCUT2D eigenvalue weighted by Crippen LogP contribution is 2.23. The molecule has 1 atom stereocenters. The first kappa shape index (κ1) is 13.0. The number of nitrogens with one attached hydrogen (secondary N) is 1. The summed E-state index contributed by atoms with van der Waals surface area (Å²) in [6, 6.07) is -0.332. The summed E-state index contributed by atoms with van der Waals surface area (Å²) in [5, 5.41) is 16.3. The van der Waals surface area contributed by atoms with E-state index in [0.29, 0.717) is 12.5 Å². The molecular formula is C12H20N4O2. The smallest absolute Gasteiger partial charge is 0.244 e. The summed E-state index contributed by atoms with van der Waals surface area (Å²) < 4.78 is 1.54. The van der Waals surface area contributed by atoms with Gasteiger partial charge in [0.15, 0.2) is 0 Å². The summed E-state index contributed by atoms with van der Waals surface area (Å²) in [6.45, 7) is 2.49. The van der Waals surface area contributed by atoms with E-state index >= 15 is 0 Å². The average Bonchev–Trinajstić information content (AvgIpc) is 2.90. The summed E-state index contributed by atoms with van der Waals surface area (Å²) in [7, 11) is 0. The van der Waals surface area contributed by atoms with Crippen LogP contribution in [0.25, 0.3) is 0 Å². The van der Waals surface area contributed by atoms with E-state index in [1.54, 1.807) is 17.9 Å². The molecule has 1 amide bonds. The SMILES string of the molecule is CC(C(=O)NCC1CCC(O)CC1)n1cncn1. The van der Waals surface area contributed by atoms with Crippen molar-refractivity contribution >= 4 is 5.91 Å². The fourth-order valence-corrected chi connectivity index (χ4v) is 2.28. The second-order valence-electron chi connectivity index (χ2n) is 4.97. The maximum atomic E-state index is 11.9. The molecule has 2 N–H and O–H groups in total. The van der Waals surface area contributed by atoms with Crippen LogP contribution in [0.3, 0.4) is 0 Å². The van der Waals surface area contributed by atoms with Gasteiger partial charge in [-0.2, -0.15) is 5.10 Å². The minimum absolute atomic E-state index is 0.0355. The van der Waals surface area contributed by atoms with E-state index in [1.807, 2.05) is 0 Å². The predicted molar refractivity (Wildman–Crippen MR) is 65.7 cm³/mol. The Bertz CT molecular complexity index is 371. The summed E-state index contributed by atoms with van der Waals surface area (Å²) in [5.74, 6) is 0.451. The molecule has 0 bridgehead atoms. The summed E-state index contributed by atoms with van der Waals surface area (Å²) in [4.78, 5) is 15.7. The van der Waals surface area contributed by atoms with Crippen molar-refractivity contribution in [3.8, 4) is 0 Å². The highest BCUT2D eigenvalue weighted by Gasteiger charge is 2.21. The van der Waals surface area contributed by atoms with Crippen LogP contribution in [-0.4, -0.2) is 38.4 Å². The number of carbonyl (C=O) groups excluding carboxylic acids is 1. The highest BCUT2D eigenvalue weighted by atomic mass is 16.3. The Hall–Kier alpha value is -1.43. The fraction of sp³-hybridized carbons (Fsp3) is 0.750. The molecule has 1 aliphatic rings. The molecule has 1 saturated carbocycles. The summed E-state index contributed by atoms with van der Waals surface area (Å²) in [6.07, 6.45) is 6.48. The van der Waals surface area contributed by atoms with Crippen LogP contribution >= 0.6 is 0 Å². The van der Waals surface area contributed by atoms with Crippen LogP contribution in [0.4, 0.5) is 0 Å². The summed E-state index contributed by atoms with van der Waals surface area (Å²) >= 11 is 0. The molecule has 1 heterocycles. The molecule has 0 aliphatic heterocycles. The standard InChI is InChI=1S/C12H20N4O2/c1-9(16-8-13-7-15-16)12(18)14-6-10-2-4-11(17)5-3-10/h7-11,17H,2-6H2,1H3,(H,14,18). The normalized spacial score (nSPS) is 25.7. The molecule has 100 valence electrons. The number of aliphatic hydroxyl groups excluding tert-OH is 1. The van der Waals surface area contributed by atoms with Gasteiger partial charge >= 0.3 is 0 Å². The zero-order valence-electron chi connectivity index (χ0n) is 10.6. The van der Waals surface area contributed by atoms with E-state index < -0.39 is 0 Å². The van der Waals surface area contributed by atoms with Gasteiger partial charge in [0.25, 0.3) is 0 Å². The van der Waals surface area contributed by atoms with E-state index in [9.17, 15) is 9.90 Å². The third kappa shape index (κ3) is 3.29. The minimum atomic E-state index is -0.332. The monoisotopic (exact) mass is 252 g/mol. The average molecular weight is 252 g/mol. The number of hydrogen-bond acceptors (Lipinski definition) is 4. The topological polar surface area (TPSA) is 80.0 Å².